The maximum atomic E-state index is 2.94. The third-order valence-corrected chi connectivity index (χ3v) is 23.8. The average Bonchev–Trinajstić information content (AvgIpc) is 2.76. The van der Waals surface area contributed by atoms with E-state index in [1.54, 1.807) is 0 Å². The van der Waals surface area contributed by atoms with Crippen molar-refractivity contribution in [2.24, 2.45) is 0 Å². The van der Waals surface area contributed by atoms with Crippen LogP contribution in [-0.4, -0.2) is 105 Å². The molecule has 4 atom stereocenters. The maximum absolute atomic E-state index is 2.94. The van der Waals surface area contributed by atoms with Gasteiger partial charge in [0.25, 0.3) is 0 Å². The molecule has 0 heterocycles. The largest absolute Gasteiger partial charge is 0.317 e. The Hall–Kier alpha value is 0.708. The molecule has 0 radical (unpaired) electrons. The molecule has 0 fully saturated rings. The highest BCUT2D eigenvalue weighted by atomic mass is 29.2. The van der Waals surface area contributed by atoms with E-state index in [1.165, 1.54) is 45.2 Å². The minimum atomic E-state index is -0.929. The van der Waals surface area contributed by atoms with Crippen LogP contribution in [0.5, 0.6) is 0 Å². The van der Waals surface area contributed by atoms with Gasteiger partial charge >= 0.3 is 0 Å². The Morgan fingerprint density at radius 1 is 0.500 bits per heavy atom. The molecule has 0 bridgehead atoms. The van der Waals surface area contributed by atoms with Gasteiger partial charge in [-0.15, -0.1) is 0 Å². The summed E-state index contributed by atoms with van der Waals surface area (Å²) < 4.78 is 11.0. The lowest BCUT2D eigenvalue weighted by Crippen LogP contribution is -2.63. The van der Waals surface area contributed by atoms with Crippen molar-refractivity contribution in [2.45, 2.75) is 145 Å². The summed E-state index contributed by atoms with van der Waals surface area (Å²) in [4.78, 5) is 0. The molecule has 32 heavy (non-hydrogen) atoms. The molecular formula is C24H64N4Si4. The number of nitrogens with zero attached hydrogens (tertiary/aromatic N) is 4. The van der Waals surface area contributed by atoms with Gasteiger partial charge in [-0.2, -0.15) is 0 Å². The van der Waals surface area contributed by atoms with Crippen molar-refractivity contribution in [1.29, 1.82) is 0 Å². The SMILES string of the molecule is CC(C)N(C)[SiH]([SiH3])N(C)C(C)C.CCC(C)N(C(C)CC)[SiH]([SiH3])N(C(C)CC)C(C)CC. The Morgan fingerprint density at radius 3 is 0.875 bits per heavy atom. The Kier molecular flexibility index (Phi) is 19.7. The topological polar surface area (TPSA) is 13.0 Å². The maximum Gasteiger partial charge on any atom is 0.165 e. The van der Waals surface area contributed by atoms with Gasteiger partial charge in [-0.25, -0.2) is 0 Å². The average molecular weight is 521 g/mol. The predicted molar refractivity (Wildman–Crippen MR) is 163 cm³/mol. The Bertz CT molecular complexity index is 398. The van der Waals surface area contributed by atoms with Crippen LogP contribution in [0.25, 0.3) is 0 Å². The second-order valence-corrected chi connectivity index (χ2v) is 22.3. The van der Waals surface area contributed by atoms with E-state index < -0.39 is 17.3 Å². The van der Waals surface area contributed by atoms with E-state index >= 15 is 0 Å². The quantitative estimate of drug-likeness (QED) is 0.326. The molecule has 0 aromatic heterocycles. The summed E-state index contributed by atoms with van der Waals surface area (Å²) in [7, 11) is 5.61. The summed E-state index contributed by atoms with van der Waals surface area (Å²) >= 11 is 0. The Labute approximate surface area is 213 Å². The molecule has 0 N–H and O–H groups in total. The smallest absolute Gasteiger partial charge is 0.165 e. The van der Waals surface area contributed by atoms with Gasteiger partial charge in [0.1, 0.15) is 0 Å². The zero-order valence-electron chi connectivity index (χ0n) is 25.2. The van der Waals surface area contributed by atoms with E-state index in [9.17, 15) is 0 Å². The zero-order valence-corrected chi connectivity index (χ0v) is 31.5. The standard InChI is InChI=1S/C16H40N2Si2.C8H24N2Si2/c1-9-13(5)17(14(6)10-2)20(19)18(15(7)11-3)16(8)12-4;1-7(2)9(5)12(11)10(6)8(3)4/h13-16,20H,9-12H2,1-8,19H3;7-8,12H,1-6,11H3. The van der Waals surface area contributed by atoms with Gasteiger partial charge in [0.05, 0.1) is 0 Å². The minimum absolute atomic E-state index is 0.701. The summed E-state index contributed by atoms with van der Waals surface area (Å²) in [6.07, 6.45) is 5.13. The van der Waals surface area contributed by atoms with Crippen LogP contribution in [0.2, 0.25) is 0 Å². The van der Waals surface area contributed by atoms with Crippen LogP contribution in [0, 0.1) is 0 Å². The highest BCUT2D eigenvalue weighted by Gasteiger charge is 2.33. The molecule has 8 heteroatoms. The van der Waals surface area contributed by atoms with E-state index in [4.69, 9.17) is 0 Å². The molecule has 4 nitrogen and oxygen atoms in total. The second-order valence-electron chi connectivity index (χ2n) is 10.7. The van der Waals surface area contributed by atoms with E-state index in [2.05, 4.69) is 115 Å². The van der Waals surface area contributed by atoms with Crippen LogP contribution in [0.4, 0.5) is 0 Å². The molecule has 0 aromatic rings. The monoisotopic (exact) mass is 520 g/mol. The fourth-order valence-corrected chi connectivity index (χ4v) is 20.6. The number of hydrogen-bond acceptors (Lipinski definition) is 4. The first kappa shape index (κ1) is 34.9. The molecule has 0 rings (SSSR count). The molecule has 0 amide bonds. The predicted octanol–water partition coefficient (Wildman–Crippen LogP) is 2.62. The van der Waals surface area contributed by atoms with Gasteiger partial charge in [-0.05, 0) is 51.9 Å². The molecule has 196 valence electrons. The summed E-state index contributed by atoms with van der Waals surface area (Å²) in [5.41, 5.74) is 0. The third-order valence-electron chi connectivity index (χ3n) is 8.07. The highest BCUT2D eigenvalue weighted by molar-refractivity contribution is 7.00. The molecule has 0 aliphatic heterocycles. The van der Waals surface area contributed by atoms with Crippen molar-refractivity contribution in [1.82, 2.24) is 18.3 Å². The second kappa shape index (κ2) is 18.0. The zero-order chi connectivity index (χ0) is 25.8. The lowest BCUT2D eigenvalue weighted by molar-refractivity contribution is 0.195. The Morgan fingerprint density at radius 2 is 0.719 bits per heavy atom. The van der Waals surface area contributed by atoms with Gasteiger partial charge in [0, 0.05) is 43.7 Å². The van der Waals surface area contributed by atoms with Crippen molar-refractivity contribution < 1.29 is 0 Å². The van der Waals surface area contributed by atoms with E-state index in [0.717, 1.165) is 24.2 Å². The first-order valence-electron chi connectivity index (χ1n) is 13.7. The van der Waals surface area contributed by atoms with Crippen LogP contribution < -0.4 is 0 Å². The molecular weight excluding hydrogens is 457 g/mol. The summed E-state index contributed by atoms with van der Waals surface area (Å²) in [6, 6.07) is 4.40. The molecule has 0 aliphatic rings. The van der Waals surface area contributed by atoms with Crippen molar-refractivity contribution >= 4 is 36.8 Å². The highest BCUT2D eigenvalue weighted by Crippen LogP contribution is 2.20. The van der Waals surface area contributed by atoms with Crippen LogP contribution in [0.15, 0.2) is 0 Å². The van der Waals surface area contributed by atoms with Gasteiger partial charge in [0.2, 0.25) is 0 Å². The summed E-state index contributed by atoms with van der Waals surface area (Å²) in [5, 5.41) is 0. The molecule has 4 unspecified atom stereocenters. The lowest BCUT2D eigenvalue weighted by Gasteiger charge is -2.48. The van der Waals surface area contributed by atoms with Crippen molar-refractivity contribution in [3.8, 4) is 0 Å². The van der Waals surface area contributed by atoms with Gasteiger partial charge in [-0.1, -0.05) is 83.1 Å². The minimum Gasteiger partial charge on any atom is -0.317 e. The summed E-state index contributed by atoms with van der Waals surface area (Å²) in [5.74, 6) is 0. The van der Waals surface area contributed by atoms with Crippen molar-refractivity contribution in [3.05, 3.63) is 0 Å². The van der Waals surface area contributed by atoms with Crippen LogP contribution >= 0.6 is 0 Å². The van der Waals surface area contributed by atoms with Crippen LogP contribution in [0.3, 0.4) is 0 Å². The van der Waals surface area contributed by atoms with E-state index in [-0.39, 0.29) is 0 Å². The molecule has 0 aromatic carbocycles. The molecule has 0 aliphatic carbocycles. The number of hydrogen-bond donors (Lipinski definition) is 0. The fourth-order valence-electron chi connectivity index (χ4n) is 4.49. The molecule has 0 spiro atoms. The molecule has 0 saturated carbocycles. The van der Waals surface area contributed by atoms with Gasteiger partial charge < -0.3 is 18.3 Å². The summed E-state index contributed by atoms with van der Waals surface area (Å²) in [6.45, 7) is 28.3. The van der Waals surface area contributed by atoms with Crippen LogP contribution in [0.1, 0.15) is 109 Å². The fraction of sp³-hybridized carbons (Fsp3) is 1.00. The van der Waals surface area contributed by atoms with E-state index in [1.807, 2.05) is 0 Å². The third kappa shape index (κ3) is 11.4. The Balaban J connectivity index is 0. The van der Waals surface area contributed by atoms with E-state index in [0.29, 0.717) is 12.1 Å². The number of rotatable bonds is 14. The van der Waals surface area contributed by atoms with Gasteiger partial charge in [0.15, 0.2) is 17.3 Å². The lowest BCUT2D eigenvalue weighted by atomic mass is 10.2. The first-order valence-corrected chi connectivity index (χ1v) is 25.0. The van der Waals surface area contributed by atoms with Crippen LogP contribution in [-0.2, 0) is 0 Å². The van der Waals surface area contributed by atoms with Gasteiger partial charge in [-0.3, -0.25) is 0 Å². The molecule has 0 saturated heterocycles. The van der Waals surface area contributed by atoms with Crippen molar-refractivity contribution in [3.63, 3.8) is 0 Å². The van der Waals surface area contributed by atoms with Crippen molar-refractivity contribution in [2.75, 3.05) is 14.1 Å². The first-order chi connectivity index (χ1) is 14.7. The normalized spacial score (nSPS) is 17.5.